The van der Waals surface area contributed by atoms with E-state index in [4.69, 9.17) is 0 Å². The van der Waals surface area contributed by atoms with Crippen molar-refractivity contribution in [2.24, 2.45) is 0 Å². The lowest BCUT2D eigenvalue weighted by Crippen LogP contribution is -2.30. The summed E-state index contributed by atoms with van der Waals surface area (Å²) in [5.74, 6) is 0.288. The summed E-state index contributed by atoms with van der Waals surface area (Å²) in [4.78, 5) is 32.8. The van der Waals surface area contributed by atoms with Gasteiger partial charge in [0, 0.05) is 34.6 Å². The normalized spacial score (nSPS) is 11.2. The van der Waals surface area contributed by atoms with Gasteiger partial charge in [0.1, 0.15) is 17.1 Å². The van der Waals surface area contributed by atoms with Gasteiger partial charge in [0.05, 0.1) is 5.52 Å². The lowest BCUT2D eigenvalue weighted by Gasteiger charge is -2.22. The van der Waals surface area contributed by atoms with E-state index >= 15 is 0 Å². The van der Waals surface area contributed by atoms with E-state index in [0.717, 1.165) is 40.1 Å². The number of thiophene rings is 1. The molecule has 0 unspecified atom stereocenters. The Morgan fingerprint density at radius 1 is 1.13 bits per heavy atom. The molecule has 0 spiro atoms. The van der Waals surface area contributed by atoms with E-state index in [-0.39, 0.29) is 18.0 Å². The number of nitrogens with one attached hydrogen (secondary N) is 1. The summed E-state index contributed by atoms with van der Waals surface area (Å²) in [6.07, 6.45) is 0. The van der Waals surface area contributed by atoms with Crippen LogP contribution >= 0.6 is 11.3 Å². The fraction of sp³-hybridized carbons (Fsp3) is 0.292. The van der Waals surface area contributed by atoms with Crippen molar-refractivity contribution in [2.75, 3.05) is 23.3 Å². The molecule has 0 aliphatic carbocycles. The third kappa shape index (κ3) is 3.93. The van der Waals surface area contributed by atoms with Gasteiger partial charge >= 0.3 is 0 Å². The van der Waals surface area contributed by atoms with Gasteiger partial charge in [-0.3, -0.25) is 14.2 Å². The summed E-state index contributed by atoms with van der Waals surface area (Å²) >= 11 is 1.42. The minimum absolute atomic E-state index is 0.0703. The first-order valence-corrected chi connectivity index (χ1v) is 11.3. The predicted molar refractivity (Wildman–Crippen MR) is 129 cm³/mol. The molecule has 6 nitrogen and oxygen atoms in total. The maximum Gasteiger partial charge on any atom is 0.272 e. The molecule has 2 aromatic heterocycles. The molecule has 31 heavy (non-hydrogen) atoms. The molecule has 0 radical (unpaired) electrons. The Hall–Kier alpha value is -3.19. The Labute approximate surface area is 185 Å². The number of anilines is 2. The molecule has 2 heterocycles. The average Bonchev–Trinajstić information content (AvgIpc) is 3.13. The Morgan fingerprint density at radius 3 is 2.58 bits per heavy atom. The van der Waals surface area contributed by atoms with Crippen LogP contribution < -0.4 is 15.8 Å². The highest BCUT2D eigenvalue weighted by atomic mass is 32.1. The maximum atomic E-state index is 13.1. The van der Waals surface area contributed by atoms with Gasteiger partial charge in [0.15, 0.2) is 0 Å². The number of amides is 1. The molecule has 4 rings (SSSR count). The zero-order valence-electron chi connectivity index (χ0n) is 18.2. The second-order valence-electron chi connectivity index (χ2n) is 7.55. The van der Waals surface area contributed by atoms with Crippen LogP contribution in [0.2, 0.25) is 0 Å². The van der Waals surface area contributed by atoms with E-state index in [2.05, 4.69) is 35.1 Å². The van der Waals surface area contributed by atoms with Crippen molar-refractivity contribution >= 4 is 48.9 Å². The molecule has 0 saturated carbocycles. The molecule has 0 aliphatic rings. The van der Waals surface area contributed by atoms with Gasteiger partial charge in [-0.15, -0.1) is 11.3 Å². The molecular weight excluding hydrogens is 408 g/mol. The fourth-order valence-electron chi connectivity index (χ4n) is 3.87. The average molecular weight is 435 g/mol. The zero-order chi connectivity index (χ0) is 22.1. The molecule has 0 saturated heterocycles. The number of fused-ring (bicyclic) bond motifs is 3. The lowest BCUT2D eigenvalue weighted by molar-refractivity contribution is -0.116. The van der Waals surface area contributed by atoms with Crippen LogP contribution in [-0.4, -0.2) is 28.5 Å². The van der Waals surface area contributed by atoms with Crippen molar-refractivity contribution in [2.45, 2.75) is 34.2 Å². The van der Waals surface area contributed by atoms with Gasteiger partial charge < -0.3 is 10.2 Å². The standard InChI is InChI=1S/C24H26N4O2S/c1-5-27(6-2)17-11-12-19(15(3)13-17)26-21(29)14-28-16(4)25-22-18-9-7-8-10-20(18)31-23(22)24(28)30/h7-13H,5-6,14H2,1-4H3,(H,26,29). The number of carbonyl (C=O) groups is 1. The molecule has 160 valence electrons. The van der Waals surface area contributed by atoms with Crippen LogP contribution in [0.15, 0.2) is 47.3 Å². The first-order valence-electron chi connectivity index (χ1n) is 10.5. The molecular formula is C24H26N4O2S. The number of carbonyl (C=O) groups excluding carboxylic acids is 1. The van der Waals surface area contributed by atoms with Crippen LogP contribution in [0.1, 0.15) is 25.2 Å². The minimum atomic E-state index is -0.244. The van der Waals surface area contributed by atoms with Crippen LogP contribution in [0.25, 0.3) is 20.3 Å². The van der Waals surface area contributed by atoms with Crippen LogP contribution in [0, 0.1) is 13.8 Å². The van der Waals surface area contributed by atoms with Gasteiger partial charge in [0.25, 0.3) is 5.56 Å². The minimum Gasteiger partial charge on any atom is -0.372 e. The first kappa shape index (κ1) is 21.1. The number of hydrogen-bond acceptors (Lipinski definition) is 5. The first-order chi connectivity index (χ1) is 14.9. The number of hydrogen-bond donors (Lipinski definition) is 1. The molecule has 2 aromatic carbocycles. The van der Waals surface area contributed by atoms with E-state index in [1.54, 1.807) is 6.92 Å². The molecule has 0 bridgehead atoms. The second-order valence-corrected chi connectivity index (χ2v) is 8.60. The molecule has 0 atom stereocenters. The summed E-state index contributed by atoms with van der Waals surface area (Å²) in [5.41, 5.74) is 3.41. The van der Waals surface area contributed by atoms with Crippen molar-refractivity contribution in [1.82, 2.24) is 9.55 Å². The predicted octanol–water partition coefficient (Wildman–Crippen LogP) is 4.71. The number of benzene rings is 2. The summed E-state index contributed by atoms with van der Waals surface area (Å²) in [6.45, 7) is 9.77. The van der Waals surface area contributed by atoms with E-state index < -0.39 is 0 Å². The topological polar surface area (TPSA) is 67.2 Å². The van der Waals surface area contributed by atoms with Crippen molar-refractivity contribution in [3.8, 4) is 0 Å². The molecule has 1 amide bonds. The fourth-order valence-corrected chi connectivity index (χ4v) is 4.96. The van der Waals surface area contributed by atoms with Crippen molar-refractivity contribution in [3.63, 3.8) is 0 Å². The van der Waals surface area contributed by atoms with Crippen LogP contribution in [0.5, 0.6) is 0 Å². The van der Waals surface area contributed by atoms with Crippen molar-refractivity contribution in [1.29, 1.82) is 0 Å². The Morgan fingerprint density at radius 2 is 1.87 bits per heavy atom. The summed E-state index contributed by atoms with van der Waals surface area (Å²) < 4.78 is 3.05. The maximum absolute atomic E-state index is 13.1. The van der Waals surface area contributed by atoms with E-state index in [0.29, 0.717) is 16.0 Å². The van der Waals surface area contributed by atoms with Gasteiger partial charge in [-0.05, 0) is 57.5 Å². The monoisotopic (exact) mass is 434 g/mol. The molecule has 0 aliphatic heterocycles. The van der Waals surface area contributed by atoms with Gasteiger partial charge in [0.2, 0.25) is 5.91 Å². The Balaban J connectivity index is 1.60. The SMILES string of the molecule is CCN(CC)c1ccc(NC(=O)Cn2c(C)nc3c(sc4ccccc43)c2=O)c(C)c1. The molecule has 7 heteroatoms. The Bertz CT molecular complexity index is 1330. The van der Waals surface area contributed by atoms with Crippen molar-refractivity contribution in [3.05, 3.63) is 64.2 Å². The van der Waals surface area contributed by atoms with Crippen LogP contribution in [0.3, 0.4) is 0 Å². The highest BCUT2D eigenvalue weighted by Gasteiger charge is 2.16. The quantitative estimate of drug-likeness (QED) is 0.477. The smallest absolute Gasteiger partial charge is 0.272 e. The van der Waals surface area contributed by atoms with E-state index in [9.17, 15) is 9.59 Å². The zero-order valence-corrected chi connectivity index (χ0v) is 19.0. The van der Waals surface area contributed by atoms with Gasteiger partial charge in [-0.2, -0.15) is 0 Å². The summed E-state index contributed by atoms with van der Waals surface area (Å²) in [7, 11) is 0. The van der Waals surface area contributed by atoms with E-state index in [1.807, 2.05) is 43.3 Å². The third-order valence-electron chi connectivity index (χ3n) is 5.59. The highest BCUT2D eigenvalue weighted by Crippen LogP contribution is 2.30. The van der Waals surface area contributed by atoms with Gasteiger partial charge in [-0.1, -0.05) is 18.2 Å². The number of nitrogens with zero attached hydrogens (tertiary/aromatic N) is 3. The largest absolute Gasteiger partial charge is 0.372 e. The second kappa shape index (κ2) is 8.51. The highest BCUT2D eigenvalue weighted by molar-refractivity contribution is 7.25. The summed E-state index contributed by atoms with van der Waals surface area (Å²) in [5, 5.41) is 3.92. The number of aryl methyl sites for hydroxylation is 2. The molecule has 0 fully saturated rings. The summed E-state index contributed by atoms with van der Waals surface area (Å²) in [6, 6.07) is 13.9. The number of rotatable bonds is 6. The van der Waals surface area contributed by atoms with E-state index in [1.165, 1.54) is 15.9 Å². The van der Waals surface area contributed by atoms with Crippen LogP contribution in [-0.2, 0) is 11.3 Å². The number of aromatic nitrogens is 2. The Kier molecular flexibility index (Phi) is 5.78. The molecule has 1 N–H and O–H groups in total. The molecule has 4 aromatic rings. The lowest BCUT2D eigenvalue weighted by atomic mass is 10.1. The van der Waals surface area contributed by atoms with Crippen molar-refractivity contribution < 1.29 is 4.79 Å². The van der Waals surface area contributed by atoms with Gasteiger partial charge in [-0.25, -0.2) is 4.98 Å². The third-order valence-corrected chi connectivity index (χ3v) is 6.74. The van der Waals surface area contributed by atoms with Crippen LogP contribution in [0.4, 0.5) is 11.4 Å².